The van der Waals surface area contributed by atoms with E-state index in [9.17, 15) is 4.79 Å². The Morgan fingerprint density at radius 3 is 2.71 bits per heavy atom. The van der Waals surface area contributed by atoms with Gasteiger partial charge in [0.25, 0.3) is 0 Å². The first-order chi connectivity index (χ1) is 17.1. The van der Waals surface area contributed by atoms with Crippen LogP contribution in [-0.4, -0.2) is 52.6 Å². The fourth-order valence-corrected chi connectivity index (χ4v) is 4.67. The second-order valence-electron chi connectivity index (χ2n) is 7.64. The number of nitrogens with zero attached hydrogens (tertiary/aromatic N) is 3. The van der Waals surface area contributed by atoms with Crippen molar-refractivity contribution in [2.75, 3.05) is 32.2 Å². The molecule has 4 rings (SSSR count). The Balaban J connectivity index is 0.00000167. The van der Waals surface area contributed by atoms with Crippen LogP contribution < -0.4 is 25.6 Å². The molecule has 0 unspecified atom stereocenters. The third-order valence-electron chi connectivity index (χ3n) is 5.38. The lowest BCUT2D eigenvalue weighted by atomic mass is 10.2. The van der Waals surface area contributed by atoms with Gasteiger partial charge in [0, 0.05) is 37.7 Å². The lowest BCUT2D eigenvalue weighted by molar-refractivity contribution is -0.129. The maximum atomic E-state index is 11.1. The fourth-order valence-electron chi connectivity index (χ4n) is 3.65. The van der Waals surface area contributed by atoms with Crippen LogP contribution in [0.3, 0.4) is 0 Å². The number of carbonyl (C=O) groups excluding carboxylic acids is 1. The highest BCUT2D eigenvalue weighted by molar-refractivity contribution is 7.99. The number of carbonyl (C=O) groups is 1. The van der Waals surface area contributed by atoms with Crippen LogP contribution in [0.5, 0.6) is 11.5 Å². The van der Waals surface area contributed by atoms with Crippen LogP contribution >= 0.6 is 11.8 Å². The summed E-state index contributed by atoms with van der Waals surface area (Å²) in [5, 5.41) is 16.0. The number of hydrogen-bond acceptors (Lipinski definition) is 9. The molecule has 4 N–H and O–H groups in total. The smallest absolute Gasteiger partial charge is 0.243 e. The molecule has 3 aromatic rings. The molecule has 1 amide bonds. The standard InChI is InChI=1S/C22H28N6O4S.C2H6/c1-14-11-16-17(32-13-31-16)12-18(14)33-22-26-20-15(6-8-25-21(20)23-2)28(22)10-9-24-7-4-3-5-19(29)27-30;1-2/h6,8,11-12,24,30H,3-5,7,9-10,13H2,1-2H3,(H,23,25)(H,27,29);1-2H3. The van der Waals surface area contributed by atoms with Crippen molar-refractivity contribution < 1.29 is 19.5 Å². The molecular formula is C24H34N6O4S. The topological polar surface area (TPSA) is 123 Å². The molecule has 2 aromatic heterocycles. The molecule has 0 aliphatic carbocycles. The van der Waals surface area contributed by atoms with Crippen LogP contribution in [0.15, 0.2) is 34.4 Å². The summed E-state index contributed by atoms with van der Waals surface area (Å²) < 4.78 is 13.2. The number of unbranched alkanes of at least 4 members (excludes halogenated alkanes) is 1. The minimum Gasteiger partial charge on any atom is -0.454 e. The van der Waals surface area contributed by atoms with Crippen molar-refractivity contribution >= 4 is 34.5 Å². The molecule has 3 heterocycles. The van der Waals surface area contributed by atoms with Gasteiger partial charge in [0.15, 0.2) is 22.5 Å². The highest BCUT2D eigenvalue weighted by Gasteiger charge is 2.20. The van der Waals surface area contributed by atoms with Gasteiger partial charge in [-0.3, -0.25) is 10.0 Å². The Hall–Kier alpha value is -3.02. The van der Waals surface area contributed by atoms with Gasteiger partial charge < -0.3 is 24.7 Å². The molecule has 0 saturated carbocycles. The van der Waals surface area contributed by atoms with Crippen molar-refractivity contribution in [1.82, 2.24) is 25.3 Å². The summed E-state index contributed by atoms with van der Waals surface area (Å²) in [5.74, 6) is 1.91. The van der Waals surface area contributed by atoms with Crippen molar-refractivity contribution in [2.45, 2.75) is 56.6 Å². The highest BCUT2D eigenvalue weighted by Crippen LogP contribution is 2.41. The zero-order valence-electron chi connectivity index (χ0n) is 20.7. The lowest BCUT2D eigenvalue weighted by Gasteiger charge is -2.11. The van der Waals surface area contributed by atoms with E-state index in [1.54, 1.807) is 23.4 Å². The highest BCUT2D eigenvalue weighted by atomic mass is 32.2. The molecular weight excluding hydrogens is 468 g/mol. The fraction of sp³-hybridized carbons (Fsp3) is 0.458. The average Bonchev–Trinajstić information content (AvgIpc) is 3.48. The molecule has 0 spiro atoms. The zero-order chi connectivity index (χ0) is 25.2. The van der Waals surface area contributed by atoms with Crippen LogP contribution in [0.25, 0.3) is 11.0 Å². The van der Waals surface area contributed by atoms with Crippen LogP contribution in [0.1, 0.15) is 38.7 Å². The number of amides is 1. The van der Waals surface area contributed by atoms with Gasteiger partial charge in [-0.15, -0.1) is 0 Å². The number of anilines is 1. The van der Waals surface area contributed by atoms with Crippen molar-refractivity contribution in [2.24, 2.45) is 0 Å². The Bertz CT molecular complexity index is 1140. The van der Waals surface area contributed by atoms with Gasteiger partial charge in [-0.05, 0) is 50.1 Å². The molecule has 11 heteroatoms. The number of pyridine rings is 1. The number of hydroxylamine groups is 1. The van der Waals surface area contributed by atoms with E-state index in [-0.39, 0.29) is 12.7 Å². The maximum Gasteiger partial charge on any atom is 0.243 e. The Morgan fingerprint density at radius 2 is 1.97 bits per heavy atom. The number of aryl methyl sites for hydroxylation is 1. The molecule has 0 atom stereocenters. The summed E-state index contributed by atoms with van der Waals surface area (Å²) >= 11 is 1.59. The van der Waals surface area contributed by atoms with Gasteiger partial charge >= 0.3 is 0 Å². The first-order valence-electron chi connectivity index (χ1n) is 11.9. The molecule has 0 radical (unpaired) electrons. The predicted octanol–water partition coefficient (Wildman–Crippen LogP) is 3.95. The van der Waals surface area contributed by atoms with Gasteiger partial charge in [0.2, 0.25) is 12.7 Å². The third kappa shape index (κ3) is 6.56. The van der Waals surface area contributed by atoms with Crippen molar-refractivity contribution in [3.05, 3.63) is 30.0 Å². The minimum absolute atomic E-state index is 0.245. The second-order valence-corrected chi connectivity index (χ2v) is 8.65. The molecule has 1 aromatic carbocycles. The number of fused-ring (bicyclic) bond motifs is 2. The van der Waals surface area contributed by atoms with Crippen LogP contribution in [0, 0.1) is 6.92 Å². The van der Waals surface area contributed by atoms with Gasteiger partial charge in [-0.2, -0.15) is 0 Å². The van der Waals surface area contributed by atoms with E-state index >= 15 is 0 Å². The summed E-state index contributed by atoms with van der Waals surface area (Å²) in [4.78, 5) is 21.5. The molecule has 0 bridgehead atoms. The van der Waals surface area contributed by atoms with Gasteiger partial charge in [-0.1, -0.05) is 25.6 Å². The van der Waals surface area contributed by atoms with Gasteiger partial charge in [-0.25, -0.2) is 15.4 Å². The van der Waals surface area contributed by atoms with E-state index in [0.29, 0.717) is 6.42 Å². The summed E-state index contributed by atoms with van der Waals surface area (Å²) in [6.07, 6.45) is 3.67. The van der Waals surface area contributed by atoms with E-state index in [2.05, 4.69) is 27.1 Å². The quantitative estimate of drug-likeness (QED) is 0.175. The van der Waals surface area contributed by atoms with Crippen molar-refractivity contribution in [1.29, 1.82) is 0 Å². The SMILES string of the molecule is CC.CNc1nccc2c1nc(Sc1cc3c(cc1C)OCO3)n2CCNCCCCC(=O)NO. The summed E-state index contributed by atoms with van der Waals surface area (Å²) in [6, 6.07) is 5.98. The summed E-state index contributed by atoms with van der Waals surface area (Å²) in [5.41, 5.74) is 4.60. The van der Waals surface area contributed by atoms with Crippen LogP contribution in [0.4, 0.5) is 5.82 Å². The number of benzene rings is 1. The van der Waals surface area contributed by atoms with E-state index < -0.39 is 0 Å². The van der Waals surface area contributed by atoms with E-state index in [4.69, 9.17) is 19.7 Å². The summed E-state index contributed by atoms with van der Waals surface area (Å²) in [7, 11) is 1.84. The number of ether oxygens (including phenoxy) is 2. The molecule has 0 fully saturated rings. The third-order valence-corrected chi connectivity index (χ3v) is 6.54. The van der Waals surface area contributed by atoms with E-state index in [0.717, 1.165) is 76.4 Å². The molecule has 1 aliphatic rings. The molecule has 0 saturated heterocycles. The van der Waals surface area contributed by atoms with Gasteiger partial charge in [0.1, 0.15) is 5.52 Å². The molecule has 1 aliphatic heterocycles. The first-order valence-corrected chi connectivity index (χ1v) is 12.7. The maximum absolute atomic E-state index is 11.1. The lowest BCUT2D eigenvalue weighted by Crippen LogP contribution is -2.22. The Labute approximate surface area is 209 Å². The van der Waals surface area contributed by atoms with Crippen LogP contribution in [0.2, 0.25) is 0 Å². The second kappa shape index (κ2) is 13.2. The zero-order valence-corrected chi connectivity index (χ0v) is 21.5. The first kappa shape index (κ1) is 26.6. The van der Waals surface area contributed by atoms with Crippen LogP contribution in [-0.2, 0) is 11.3 Å². The Kier molecular flexibility index (Phi) is 10.0. The summed E-state index contributed by atoms with van der Waals surface area (Å²) in [6.45, 7) is 8.57. The normalized spacial score (nSPS) is 11.8. The number of rotatable bonds is 11. The molecule has 10 nitrogen and oxygen atoms in total. The minimum atomic E-state index is -0.352. The number of hydrogen-bond donors (Lipinski definition) is 4. The number of imidazole rings is 1. The molecule has 35 heavy (non-hydrogen) atoms. The molecule has 190 valence electrons. The Morgan fingerprint density at radius 1 is 1.20 bits per heavy atom. The van der Waals surface area contributed by atoms with Crippen molar-refractivity contribution in [3.8, 4) is 11.5 Å². The number of aromatic nitrogens is 3. The largest absolute Gasteiger partial charge is 0.454 e. The average molecular weight is 503 g/mol. The van der Waals surface area contributed by atoms with E-state index in [1.807, 2.05) is 39.1 Å². The van der Waals surface area contributed by atoms with E-state index in [1.165, 1.54) is 0 Å². The predicted molar refractivity (Wildman–Crippen MR) is 136 cm³/mol. The van der Waals surface area contributed by atoms with Crippen molar-refractivity contribution in [3.63, 3.8) is 0 Å². The monoisotopic (exact) mass is 502 g/mol. The number of nitrogens with one attached hydrogen (secondary N) is 3. The van der Waals surface area contributed by atoms with Gasteiger partial charge in [0.05, 0.1) is 5.52 Å².